The van der Waals surface area contributed by atoms with Crippen molar-refractivity contribution >= 4 is 5.91 Å². The first-order valence-electron chi connectivity index (χ1n) is 7.68. The van der Waals surface area contributed by atoms with Crippen LogP contribution in [0.15, 0.2) is 18.2 Å². The first-order chi connectivity index (χ1) is 9.63. The summed E-state index contributed by atoms with van der Waals surface area (Å²) in [5.74, 6) is 1.38. The number of hydrogen-bond acceptors (Lipinski definition) is 1. The van der Waals surface area contributed by atoms with Crippen molar-refractivity contribution in [2.24, 2.45) is 11.8 Å². The second-order valence-electron chi connectivity index (χ2n) is 6.35. The first-order valence-corrected chi connectivity index (χ1v) is 7.68. The van der Waals surface area contributed by atoms with Crippen LogP contribution >= 0.6 is 0 Å². The molecule has 1 aromatic carbocycles. The van der Waals surface area contributed by atoms with Gasteiger partial charge in [-0.2, -0.15) is 0 Å². The SMILES string of the molecule is Cc1cc(F)ccc1CC(=O)N[C@@H]1CC[C@H]2CCC[C@H]21. The van der Waals surface area contributed by atoms with Crippen LogP contribution in [-0.4, -0.2) is 11.9 Å². The van der Waals surface area contributed by atoms with Gasteiger partial charge < -0.3 is 5.32 Å². The van der Waals surface area contributed by atoms with Gasteiger partial charge in [-0.05, 0) is 61.3 Å². The predicted molar refractivity (Wildman–Crippen MR) is 76.8 cm³/mol. The molecule has 0 saturated heterocycles. The number of nitrogens with one attached hydrogen (secondary N) is 1. The Bertz CT molecular complexity index is 514. The van der Waals surface area contributed by atoms with E-state index >= 15 is 0 Å². The van der Waals surface area contributed by atoms with E-state index in [2.05, 4.69) is 5.32 Å². The molecular weight excluding hydrogens is 253 g/mol. The van der Waals surface area contributed by atoms with Crippen molar-refractivity contribution in [1.82, 2.24) is 5.32 Å². The highest BCUT2D eigenvalue weighted by atomic mass is 19.1. The monoisotopic (exact) mass is 275 g/mol. The van der Waals surface area contributed by atoms with Gasteiger partial charge in [-0.25, -0.2) is 4.39 Å². The fraction of sp³-hybridized carbons (Fsp3) is 0.588. The Kier molecular flexibility index (Phi) is 3.77. The number of carbonyl (C=O) groups excluding carboxylic acids is 1. The van der Waals surface area contributed by atoms with Crippen molar-refractivity contribution in [1.29, 1.82) is 0 Å². The molecule has 0 bridgehead atoms. The van der Waals surface area contributed by atoms with Gasteiger partial charge in [-0.1, -0.05) is 18.9 Å². The molecule has 1 N–H and O–H groups in total. The van der Waals surface area contributed by atoms with Crippen molar-refractivity contribution < 1.29 is 9.18 Å². The molecule has 0 aliphatic heterocycles. The standard InChI is InChI=1S/C17H22FNO/c1-11-9-14(18)7-5-13(11)10-17(20)19-16-8-6-12-3-2-4-15(12)16/h5,7,9,12,15-16H,2-4,6,8,10H2,1H3,(H,19,20)/t12-,15-,16-/m1/s1. The Morgan fingerprint density at radius 1 is 1.30 bits per heavy atom. The van der Waals surface area contributed by atoms with Crippen LogP contribution in [0.1, 0.15) is 43.2 Å². The second-order valence-corrected chi connectivity index (χ2v) is 6.35. The Hall–Kier alpha value is -1.38. The average Bonchev–Trinajstić information content (AvgIpc) is 2.98. The summed E-state index contributed by atoms with van der Waals surface area (Å²) < 4.78 is 13.1. The topological polar surface area (TPSA) is 29.1 Å². The van der Waals surface area contributed by atoms with E-state index < -0.39 is 0 Å². The lowest BCUT2D eigenvalue weighted by molar-refractivity contribution is -0.121. The maximum atomic E-state index is 13.1. The number of carbonyl (C=O) groups is 1. The highest BCUT2D eigenvalue weighted by Crippen LogP contribution is 2.43. The van der Waals surface area contributed by atoms with Crippen LogP contribution < -0.4 is 5.32 Å². The Balaban J connectivity index is 1.59. The van der Waals surface area contributed by atoms with Crippen LogP contribution in [0.3, 0.4) is 0 Å². The van der Waals surface area contributed by atoms with Crippen LogP contribution in [0.2, 0.25) is 0 Å². The zero-order valence-electron chi connectivity index (χ0n) is 12.0. The van der Waals surface area contributed by atoms with Gasteiger partial charge >= 0.3 is 0 Å². The van der Waals surface area contributed by atoms with Crippen LogP contribution in [0, 0.1) is 24.6 Å². The van der Waals surface area contributed by atoms with Crippen molar-refractivity contribution in [3.8, 4) is 0 Å². The first kappa shape index (κ1) is 13.6. The third kappa shape index (κ3) is 2.72. The van der Waals surface area contributed by atoms with E-state index in [1.807, 2.05) is 6.92 Å². The smallest absolute Gasteiger partial charge is 0.224 e. The van der Waals surface area contributed by atoms with Gasteiger partial charge in [0.05, 0.1) is 6.42 Å². The van der Waals surface area contributed by atoms with E-state index in [0.29, 0.717) is 18.4 Å². The molecule has 3 rings (SSSR count). The van der Waals surface area contributed by atoms with E-state index in [1.54, 1.807) is 6.07 Å². The molecule has 2 nitrogen and oxygen atoms in total. The largest absolute Gasteiger partial charge is 0.353 e. The maximum Gasteiger partial charge on any atom is 0.224 e. The molecule has 20 heavy (non-hydrogen) atoms. The predicted octanol–water partition coefficient (Wildman–Crippen LogP) is 3.37. The number of halogens is 1. The molecule has 2 saturated carbocycles. The maximum absolute atomic E-state index is 13.1. The van der Waals surface area contributed by atoms with Gasteiger partial charge in [-0.15, -0.1) is 0 Å². The molecule has 0 radical (unpaired) electrons. The third-order valence-electron chi connectivity index (χ3n) is 5.09. The number of benzene rings is 1. The molecule has 0 heterocycles. The summed E-state index contributed by atoms with van der Waals surface area (Å²) in [7, 11) is 0. The Morgan fingerprint density at radius 2 is 2.15 bits per heavy atom. The zero-order valence-corrected chi connectivity index (χ0v) is 12.0. The summed E-state index contributed by atoms with van der Waals surface area (Å²) in [5, 5.41) is 3.21. The quantitative estimate of drug-likeness (QED) is 0.900. The summed E-state index contributed by atoms with van der Waals surface area (Å²) in [6, 6.07) is 5.01. The Morgan fingerprint density at radius 3 is 2.95 bits per heavy atom. The molecule has 2 fully saturated rings. The van der Waals surface area contributed by atoms with Crippen LogP contribution in [0.5, 0.6) is 0 Å². The van der Waals surface area contributed by atoms with Crippen LogP contribution in [0.4, 0.5) is 4.39 Å². The molecule has 1 amide bonds. The summed E-state index contributed by atoms with van der Waals surface area (Å²) in [4.78, 5) is 12.2. The minimum absolute atomic E-state index is 0.0808. The van der Waals surface area contributed by atoms with Gasteiger partial charge in [0.2, 0.25) is 5.91 Å². The fourth-order valence-corrected chi connectivity index (χ4v) is 4.03. The number of rotatable bonds is 3. The lowest BCUT2D eigenvalue weighted by Gasteiger charge is -2.20. The van der Waals surface area contributed by atoms with E-state index in [9.17, 15) is 9.18 Å². The van der Waals surface area contributed by atoms with E-state index in [4.69, 9.17) is 0 Å². The number of amides is 1. The zero-order chi connectivity index (χ0) is 14.1. The molecule has 1 aromatic rings. The minimum Gasteiger partial charge on any atom is -0.353 e. The van der Waals surface area contributed by atoms with Crippen LogP contribution in [0.25, 0.3) is 0 Å². The lowest BCUT2D eigenvalue weighted by Crippen LogP contribution is -2.38. The van der Waals surface area contributed by atoms with Gasteiger partial charge in [0.25, 0.3) is 0 Å². The minimum atomic E-state index is -0.240. The number of hydrogen-bond donors (Lipinski definition) is 1. The van der Waals surface area contributed by atoms with Crippen molar-refractivity contribution in [2.75, 3.05) is 0 Å². The molecule has 2 aliphatic rings. The summed E-state index contributed by atoms with van der Waals surface area (Å²) in [6.07, 6.45) is 6.69. The molecule has 0 unspecified atom stereocenters. The van der Waals surface area contributed by atoms with Gasteiger partial charge in [0.15, 0.2) is 0 Å². The van der Waals surface area contributed by atoms with E-state index in [0.717, 1.165) is 23.5 Å². The summed E-state index contributed by atoms with van der Waals surface area (Å²) >= 11 is 0. The highest BCUT2D eigenvalue weighted by Gasteiger charge is 2.39. The molecule has 3 heteroatoms. The van der Waals surface area contributed by atoms with Crippen molar-refractivity contribution in [3.05, 3.63) is 35.1 Å². The highest BCUT2D eigenvalue weighted by molar-refractivity contribution is 5.79. The molecule has 108 valence electrons. The normalized spacial score (nSPS) is 28.4. The van der Waals surface area contributed by atoms with Gasteiger partial charge in [0.1, 0.15) is 5.82 Å². The van der Waals surface area contributed by atoms with Crippen molar-refractivity contribution in [2.45, 2.75) is 51.5 Å². The van der Waals surface area contributed by atoms with Crippen molar-refractivity contribution in [3.63, 3.8) is 0 Å². The lowest BCUT2D eigenvalue weighted by atomic mass is 9.97. The number of fused-ring (bicyclic) bond motifs is 1. The Labute approximate surface area is 119 Å². The van der Waals surface area contributed by atoms with Crippen LogP contribution in [-0.2, 0) is 11.2 Å². The summed E-state index contributed by atoms with van der Waals surface area (Å²) in [6.45, 7) is 1.86. The molecule has 2 aliphatic carbocycles. The second kappa shape index (κ2) is 5.55. The third-order valence-corrected chi connectivity index (χ3v) is 5.09. The molecular formula is C17H22FNO. The molecule has 0 aromatic heterocycles. The summed E-state index contributed by atoms with van der Waals surface area (Å²) in [5.41, 5.74) is 1.77. The molecule has 3 atom stereocenters. The number of aryl methyl sites for hydroxylation is 1. The average molecular weight is 275 g/mol. The fourth-order valence-electron chi connectivity index (χ4n) is 4.03. The van der Waals surface area contributed by atoms with E-state index in [-0.39, 0.29) is 11.7 Å². The van der Waals surface area contributed by atoms with Gasteiger partial charge in [-0.3, -0.25) is 4.79 Å². The van der Waals surface area contributed by atoms with E-state index in [1.165, 1.54) is 37.8 Å². The molecule has 0 spiro atoms. The van der Waals surface area contributed by atoms with Gasteiger partial charge in [0, 0.05) is 6.04 Å².